The number of fused-ring (bicyclic) bond motifs is 1. The number of carbonyl (C=O) groups excluding carboxylic acids is 1. The monoisotopic (exact) mass is 452 g/mol. The molecule has 1 aromatic heterocycles. The molecular formula is C25H29FN4O3. The Labute approximate surface area is 192 Å². The van der Waals surface area contributed by atoms with Crippen LogP contribution in [-0.4, -0.2) is 53.7 Å². The number of carbonyl (C=O) groups is 1. The predicted octanol–water partition coefficient (Wildman–Crippen LogP) is 3.51. The van der Waals surface area contributed by atoms with E-state index in [0.29, 0.717) is 41.9 Å². The van der Waals surface area contributed by atoms with Gasteiger partial charge in [0.05, 0.1) is 11.2 Å². The van der Waals surface area contributed by atoms with Crippen LogP contribution in [0.15, 0.2) is 47.3 Å². The minimum atomic E-state index is -0.725. The van der Waals surface area contributed by atoms with E-state index in [-0.39, 0.29) is 23.0 Å². The fraction of sp³-hybridized carbons (Fsp3) is 0.360. The van der Waals surface area contributed by atoms with E-state index in [1.165, 1.54) is 16.7 Å². The van der Waals surface area contributed by atoms with Crippen LogP contribution in [0.2, 0.25) is 0 Å². The van der Waals surface area contributed by atoms with Crippen molar-refractivity contribution in [2.75, 3.05) is 43.4 Å². The molecule has 2 N–H and O–H groups in total. The van der Waals surface area contributed by atoms with Gasteiger partial charge in [-0.1, -0.05) is 26.0 Å². The van der Waals surface area contributed by atoms with E-state index in [1.807, 2.05) is 25.8 Å². The number of halogens is 1. The van der Waals surface area contributed by atoms with Gasteiger partial charge in [0.1, 0.15) is 17.1 Å². The molecule has 1 saturated heterocycles. The van der Waals surface area contributed by atoms with Gasteiger partial charge in [-0.15, -0.1) is 0 Å². The topological polar surface area (TPSA) is 77.8 Å². The number of rotatable bonds is 5. The maximum Gasteiger partial charge on any atom is 0.267 e. The molecule has 174 valence electrons. The minimum Gasteiger partial charge on any atom is -0.506 e. The van der Waals surface area contributed by atoms with Crippen molar-refractivity contribution in [3.63, 3.8) is 0 Å². The van der Waals surface area contributed by atoms with Gasteiger partial charge in [0.25, 0.3) is 11.5 Å². The van der Waals surface area contributed by atoms with Crippen molar-refractivity contribution in [2.45, 2.75) is 20.4 Å². The molecular weight excluding hydrogens is 423 g/mol. The molecule has 1 amide bonds. The number of hydrogen-bond acceptors (Lipinski definition) is 5. The van der Waals surface area contributed by atoms with Gasteiger partial charge in [-0.05, 0) is 43.3 Å². The van der Waals surface area contributed by atoms with E-state index in [0.717, 1.165) is 13.1 Å². The second kappa shape index (κ2) is 9.23. The number of nitrogens with zero attached hydrogens (tertiary/aromatic N) is 3. The maximum absolute atomic E-state index is 14.5. The number of likely N-dealkylation sites (N-methyl/N-ethyl adjacent to an activating group) is 1. The van der Waals surface area contributed by atoms with E-state index in [1.54, 1.807) is 30.3 Å². The van der Waals surface area contributed by atoms with E-state index in [2.05, 4.69) is 10.2 Å². The van der Waals surface area contributed by atoms with Crippen LogP contribution in [0.25, 0.3) is 10.9 Å². The molecule has 0 saturated carbocycles. The van der Waals surface area contributed by atoms with E-state index in [4.69, 9.17) is 0 Å². The number of nitrogens with one attached hydrogen (secondary N) is 1. The zero-order valence-electron chi connectivity index (χ0n) is 19.1. The molecule has 0 bridgehead atoms. The van der Waals surface area contributed by atoms with Gasteiger partial charge in [0.15, 0.2) is 0 Å². The Balaban J connectivity index is 1.70. The van der Waals surface area contributed by atoms with E-state index in [9.17, 15) is 19.1 Å². The standard InChI is InChI=1S/C25H29FN4O3/c1-16(2)15-30-20-7-5-4-6-18(20)23(31)22(25(30)33)24(32)27-17-8-9-19(26)21(14-17)29-12-10-28(3)11-13-29/h4-9,14,16,31H,10-13,15H2,1-3H3,(H,27,32). The Bertz CT molecular complexity index is 1250. The smallest absolute Gasteiger partial charge is 0.267 e. The van der Waals surface area contributed by atoms with Crippen LogP contribution in [0, 0.1) is 11.7 Å². The van der Waals surface area contributed by atoms with Gasteiger partial charge in [-0.25, -0.2) is 4.39 Å². The van der Waals surface area contributed by atoms with E-state index < -0.39 is 11.5 Å². The normalized spacial score (nSPS) is 14.8. The summed E-state index contributed by atoms with van der Waals surface area (Å²) in [7, 11) is 2.02. The lowest BCUT2D eigenvalue weighted by molar-refractivity contribution is 0.102. The molecule has 0 spiro atoms. The summed E-state index contributed by atoms with van der Waals surface area (Å²) in [6, 6.07) is 11.3. The van der Waals surface area contributed by atoms with E-state index >= 15 is 0 Å². The van der Waals surface area contributed by atoms with Crippen molar-refractivity contribution in [3.05, 3.63) is 64.2 Å². The first kappa shape index (κ1) is 22.8. The van der Waals surface area contributed by atoms with Gasteiger partial charge in [0.2, 0.25) is 0 Å². The van der Waals surface area contributed by atoms with Gasteiger partial charge in [-0.2, -0.15) is 0 Å². The molecule has 33 heavy (non-hydrogen) atoms. The lowest BCUT2D eigenvalue weighted by atomic mass is 10.1. The first-order valence-electron chi connectivity index (χ1n) is 11.1. The minimum absolute atomic E-state index is 0.162. The third-order valence-electron chi connectivity index (χ3n) is 5.97. The number of para-hydroxylation sites is 1. The molecule has 1 fully saturated rings. The highest BCUT2D eigenvalue weighted by molar-refractivity contribution is 6.09. The molecule has 1 aliphatic rings. The zero-order valence-corrected chi connectivity index (χ0v) is 19.1. The Morgan fingerprint density at radius 3 is 2.52 bits per heavy atom. The quantitative estimate of drug-likeness (QED) is 0.620. The third kappa shape index (κ3) is 4.57. The van der Waals surface area contributed by atoms with Gasteiger partial charge < -0.3 is 24.8 Å². The first-order chi connectivity index (χ1) is 15.8. The molecule has 7 nitrogen and oxygen atoms in total. The average molecular weight is 453 g/mol. The summed E-state index contributed by atoms with van der Waals surface area (Å²) < 4.78 is 16.1. The Kier molecular flexibility index (Phi) is 6.37. The van der Waals surface area contributed by atoms with Crippen LogP contribution < -0.4 is 15.8 Å². The number of anilines is 2. The van der Waals surface area contributed by atoms with Crippen molar-refractivity contribution in [3.8, 4) is 5.75 Å². The second-order valence-electron chi connectivity index (χ2n) is 8.96. The van der Waals surface area contributed by atoms with Crippen LogP contribution in [0.5, 0.6) is 5.75 Å². The number of benzene rings is 2. The third-order valence-corrected chi connectivity index (χ3v) is 5.97. The van der Waals surface area contributed by atoms with Crippen LogP contribution in [-0.2, 0) is 6.54 Å². The molecule has 0 radical (unpaired) electrons. The molecule has 0 unspecified atom stereocenters. The highest BCUT2D eigenvalue weighted by atomic mass is 19.1. The summed E-state index contributed by atoms with van der Waals surface area (Å²) in [5.41, 5.74) is 0.460. The van der Waals surface area contributed by atoms with Crippen molar-refractivity contribution < 1.29 is 14.3 Å². The summed E-state index contributed by atoms with van der Waals surface area (Å²) in [4.78, 5) is 30.5. The second-order valence-corrected chi connectivity index (χ2v) is 8.96. The maximum atomic E-state index is 14.5. The lowest BCUT2D eigenvalue weighted by Gasteiger charge is -2.34. The first-order valence-corrected chi connectivity index (χ1v) is 11.1. The Morgan fingerprint density at radius 1 is 1.12 bits per heavy atom. The summed E-state index contributed by atoms with van der Waals surface area (Å²) >= 11 is 0. The molecule has 1 aliphatic heterocycles. The van der Waals surface area contributed by atoms with Gasteiger partial charge in [0, 0.05) is 43.8 Å². The number of amides is 1. The van der Waals surface area contributed by atoms with Crippen molar-refractivity contribution >= 4 is 28.2 Å². The number of aromatic nitrogens is 1. The largest absolute Gasteiger partial charge is 0.506 e. The summed E-state index contributed by atoms with van der Waals surface area (Å²) in [6.07, 6.45) is 0. The fourth-order valence-electron chi connectivity index (χ4n) is 4.21. The van der Waals surface area contributed by atoms with Crippen molar-refractivity contribution in [1.29, 1.82) is 0 Å². The molecule has 3 aromatic rings. The molecule has 8 heteroatoms. The van der Waals surface area contributed by atoms with Crippen LogP contribution in [0.4, 0.5) is 15.8 Å². The molecule has 2 aromatic carbocycles. The Hall–Kier alpha value is -3.39. The number of aromatic hydroxyl groups is 1. The summed E-state index contributed by atoms with van der Waals surface area (Å²) in [5.74, 6) is -1.29. The van der Waals surface area contributed by atoms with Crippen LogP contribution in [0.3, 0.4) is 0 Å². The number of piperazine rings is 1. The fourth-order valence-corrected chi connectivity index (χ4v) is 4.21. The predicted molar refractivity (Wildman–Crippen MR) is 129 cm³/mol. The SMILES string of the molecule is CC(C)Cn1c(=O)c(C(=O)Nc2ccc(F)c(N3CCN(C)CC3)c2)c(O)c2ccccc21. The number of pyridine rings is 1. The molecule has 4 rings (SSSR count). The zero-order chi connectivity index (χ0) is 23.7. The van der Waals surface area contributed by atoms with Gasteiger partial charge in [-0.3, -0.25) is 9.59 Å². The van der Waals surface area contributed by atoms with Crippen molar-refractivity contribution in [2.24, 2.45) is 5.92 Å². The molecule has 0 aliphatic carbocycles. The molecule has 0 atom stereocenters. The average Bonchev–Trinajstić information content (AvgIpc) is 2.78. The highest BCUT2D eigenvalue weighted by Gasteiger charge is 2.24. The van der Waals surface area contributed by atoms with Crippen LogP contribution in [0.1, 0.15) is 24.2 Å². The highest BCUT2D eigenvalue weighted by Crippen LogP contribution is 2.29. The summed E-state index contributed by atoms with van der Waals surface area (Å²) in [5, 5.41) is 13.9. The summed E-state index contributed by atoms with van der Waals surface area (Å²) in [6.45, 7) is 7.35. The van der Waals surface area contributed by atoms with Crippen molar-refractivity contribution in [1.82, 2.24) is 9.47 Å². The van der Waals surface area contributed by atoms with Gasteiger partial charge >= 0.3 is 0 Å². The molecule has 2 heterocycles. The van der Waals surface area contributed by atoms with Crippen LogP contribution >= 0.6 is 0 Å². The lowest BCUT2D eigenvalue weighted by Crippen LogP contribution is -2.44. The Morgan fingerprint density at radius 2 is 1.82 bits per heavy atom. The number of hydrogen-bond donors (Lipinski definition) is 2.